The van der Waals surface area contributed by atoms with Gasteiger partial charge in [0, 0.05) is 9.90 Å². The fourth-order valence-corrected chi connectivity index (χ4v) is 5.92. The van der Waals surface area contributed by atoms with Gasteiger partial charge in [-0.15, -0.1) is 11.3 Å². The van der Waals surface area contributed by atoms with Crippen LogP contribution in [0.4, 0.5) is 5.00 Å². The first-order chi connectivity index (χ1) is 11.3. The van der Waals surface area contributed by atoms with Crippen LogP contribution >= 0.6 is 22.9 Å². The number of hydrogen-bond acceptors (Lipinski definition) is 4. The lowest BCUT2D eigenvalue weighted by Crippen LogP contribution is -2.19. The maximum Gasteiger partial charge on any atom is 0.262 e. The van der Waals surface area contributed by atoms with Crippen molar-refractivity contribution in [2.45, 2.75) is 31.1 Å². The van der Waals surface area contributed by atoms with Crippen LogP contribution in [-0.4, -0.2) is 14.3 Å². The highest BCUT2D eigenvalue weighted by Crippen LogP contribution is 2.40. The van der Waals surface area contributed by atoms with E-state index in [9.17, 15) is 13.2 Å². The Labute approximate surface area is 149 Å². The Balaban J connectivity index is 2.02. The molecule has 24 heavy (non-hydrogen) atoms. The number of primary amides is 1. The number of amides is 1. The molecule has 3 N–H and O–H groups in total. The Morgan fingerprint density at radius 2 is 2.17 bits per heavy atom. The van der Waals surface area contributed by atoms with Crippen molar-refractivity contribution in [1.29, 1.82) is 0 Å². The Bertz CT molecular complexity index is 906. The summed E-state index contributed by atoms with van der Waals surface area (Å²) in [5.41, 5.74) is 6.69. The zero-order valence-corrected chi connectivity index (χ0v) is 15.4. The largest absolute Gasteiger partial charge is 0.365 e. The van der Waals surface area contributed by atoms with E-state index in [0.29, 0.717) is 21.5 Å². The van der Waals surface area contributed by atoms with E-state index in [1.54, 1.807) is 12.1 Å². The second kappa shape index (κ2) is 6.38. The molecule has 0 saturated carbocycles. The van der Waals surface area contributed by atoms with E-state index in [-0.39, 0.29) is 4.90 Å². The van der Waals surface area contributed by atoms with E-state index in [0.717, 1.165) is 29.7 Å². The van der Waals surface area contributed by atoms with Gasteiger partial charge >= 0.3 is 0 Å². The van der Waals surface area contributed by atoms with E-state index >= 15 is 0 Å². The van der Waals surface area contributed by atoms with Gasteiger partial charge in [-0.1, -0.05) is 24.6 Å². The third kappa shape index (κ3) is 3.29. The minimum atomic E-state index is -3.84. The van der Waals surface area contributed by atoms with Gasteiger partial charge in [-0.3, -0.25) is 9.52 Å². The molecule has 2 aromatic rings. The predicted octanol–water partition coefficient (Wildman–Crippen LogP) is 3.43. The lowest BCUT2D eigenvalue weighted by Gasteiger charge is -2.18. The number of fused-ring (bicyclic) bond motifs is 1. The van der Waals surface area contributed by atoms with Crippen LogP contribution in [-0.2, 0) is 22.9 Å². The molecular formula is C16H17ClN2O3S2. The summed E-state index contributed by atoms with van der Waals surface area (Å²) in [5, 5.41) is 0.619. The summed E-state index contributed by atoms with van der Waals surface area (Å²) in [6.45, 7) is 2.14. The third-order valence-electron chi connectivity index (χ3n) is 4.09. The number of nitrogens with two attached hydrogens (primary N) is 1. The summed E-state index contributed by atoms with van der Waals surface area (Å²) >= 11 is 7.17. The summed E-state index contributed by atoms with van der Waals surface area (Å²) < 4.78 is 27.7. The highest BCUT2D eigenvalue weighted by molar-refractivity contribution is 7.93. The van der Waals surface area contributed by atoms with Crippen molar-refractivity contribution in [3.8, 4) is 0 Å². The summed E-state index contributed by atoms with van der Waals surface area (Å²) in [6, 6.07) is 5.98. The van der Waals surface area contributed by atoms with Crippen LogP contribution in [0.3, 0.4) is 0 Å². The topological polar surface area (TPSA) is 89.3 Å². The van der Waals surface area contributed by atoms with Crippen molar-refractivity contribution in [3.63, 3.8) is 0 Å². The first kappa shape index (κ1) is 17.3. The van der Waals surface area contributed by atoms with Gasteiger partial charge in [-0.2, -0.15) is 0 Å². The van der Waals surface area contributed by atoms with Gasteiger partial charge in [0.1, 0.15) is 5.00 Å². The van der Waals surface area contributed by atoms with E-state index in [1.165, 1.54) is 23.5 Å². The minimum absolute atomic E-state index is 0.0464. The van der Waals surface area contributed by atoms with Gasteiger partial charge in [0.15, 0.2) is 0 Å². The second-order valence-electron chi connectivity index (χ2n) is 5.98. The molecule has 1 amide bonds. The average molecular weight is 385 g/mol. The van der Waals surface area contributed by atoms with Crippen LogP contribution < -0.4 is 10.5 Å². The summed E-state index contributed by atoms with van der Waals surface area (Å²) in [7, 11) is -3.84. The first-order valence-corrected chi connectivity index (χ1v) is 10.2. The fourth-order valence-electron chi connectivity index (χ4n) is 2.90. The molecule has 1 aromatic carbocycles. The average Bonchev–Trinajstić information content (AvgIpc) is 2.83. The number of benzene rings is 1. The van der Waals surface area contributed by atoms with Crippen molar-refractivity contribution >= 4 is 43.9 Å². The molecule has 0 radical (unpaired) electrons. The third-order valence-corrected chi connectivity index (χ3v) is 6.97. The molecule has 1 aliphatic rings. The number of halogens is 1. The van der Waals surface area contributed by atoms with E-state index in [1.807, 2.05) is 0 Å². The molecule has 3 rings (SSSR count). The highest BCUT2D eigenvalue weighted by Gasteiger charge is 2.28. The van der Waals surface area contributed by atoms with Gasteiger partial charge in [0.05, 0.1) is 10.5 Å². The molecule has 1 aromatic heterocycles. The lowest BCUT2D eigenvalue weighted by molar-refractivity contribution is 0.100. The number of carbonyl (C=O) groups is 1. The van der Waals surface area contributed by atoms with Crippen LogP contribution in [0.5, 0.6) is 0 Å². The number of carbonyl (C=O) groups excluding carboxylic acids is 1. The fraction of sp³-hybridized carbons (Fsp3) is 0.312. The smallest absolute Gasteiger partial charge is 0.262 e. The van der Waals surface area contributed by atoms with Crippen LogP contribution in [0.2, 0.25) is 5.02 Å². The molecule has 0 bridgehead atoms. The predicted molar refractivity (Wildman–Crippen MR) is 96.3 cm³/mol. The van der Waals surface area contributed by atoms with E-state index in [4.69, 9.17) is 17.3 Å². The van der Waals surface area contributed by atoms with Gasteiger partial charge < -0.3 is 5.73 Å². The van der Waals surface area contributed by atoms with Gasteiger partial charge in [0.25, 0.3) is 15.9 Å². The molecule has 8 heteroatoms. The molecule has 5 nitrogen and oxygen atoms in total. The van der Waals surface area contributed by atoms with Crippen LogP contribution in [0.25, 0.3) is 0 Å². The van der Waals surface area contributed by atoms with Gasteiger partial charge in [0.2, 0.25) is 0 Å². The van der Waals surface area contributed by atoms with Crippen LogP contribution in [0.15, 0.2) is 29.2 Å². The minimum Gasteiger partial charge on any atom is -0.365 e. The first-order valence-electron chi connectivity index (χ1n) is 7.50. The van der Waals surface area contributed by atoms with E-state index in [2.05, 4.69) is 11.6 Å². The summed E-state index contributed by atoms with van der Waals surface area (Å²) in [6.07, 6.45) is 2.54. The van der Waals surface area contributed by atoms with Crippen LogP contribution in [0.1, 0.15) is 34.1 Å². The zero-order chi connectivity index (χ0) is 17.5. The molecule has 1 atom stereocenters. The van der Waals surface area contributed by atoms with Crippen LogP contribution in [0, 0.1) is 5.92 Å². The van der Waals surface area contributed by atoms with Crippen molar-refractivity contribution < 1.29 is 13.2 Å². The van der Waals surface area contributed by atoms with Crippen molar-refractivity contribution in [2.75, 3.05) is 4.72 Å². The molecule has 1 aliphatic carbocycles. The van der Waals surface area contributed by atoms with Crippen molar-refractivity contribution in [3.05, 3.63) is 45.3 Å². The molecule has 128 valence electrons. The Kier molecular flexibility index (Phi) is 4.59. The normalized spacial score (nSPS) is 17.3. The Hall–Kier alpha value is -1.57. The molecule has 1 unspecified atom stereocenters. The molecule has 0 spiro atoms. The quantitative estimate of drug-likeness (QED) is 0.846. The maximum atomic E-state index is 12.6. The monoisotopic (exact) mass is 384 g/mol. The van der Waals surface area contributed by atoms with Crippen molar-refractivity contribution in [2.24, 2.45) is 11.7 Å². The molecule has 0 fully saturated rings. The SMILES string of the molecule is CC1CCc2c(sc(NS(=O)(=O)c3cccc(Cl)c3)c2C(N)=O)C1. The van der Waals surface area contributed by atoms with Gasteiger partial charge in [-0.05, 0) is 48.9 Å². The number of rotatable bonds is 4. The second-order valence-corrected chi connectivity index (χ2v) is 9.21. The summed E-state index contributed by atoms with van der Waals surface area (Å²) in [4.78, 5) is 13.0. The standard InChI is InChI=1S/C16H17ClN2O3S2/c1-9-5-6-12-13(7-9)23-16(14(12)15(18)20)19-24(21,22)11-4-2-3-10(17)8-11/h2-4,8-9,19H,5-7H2,1H3,(H2,18,20). The Morgan fingerprint density at radius 3 is 2.83 bits per heavy atom. The molecular weight excluding hydrogens is 368 g/mol. The maximum absolute atomic E-state index is 12.6. The number of nitrogens with one attached hydrogen (secondary N) is 1. The van der Waals surface area contributed by atoms with Crippen molar-refractivity contribution in [1.82, 2.24) is 0 Å². The molecule has 0 aliphatic heterocycles. The molecule has 0 saturated heterocycles. The number of sulfonamides is 1. The highest BCUT2D eigenvalue weighted by atomic mass is 35.5. The number of anilines is 1. The van der Waals surface area contributed by atoms with Gasteiger partial charge in [-0.25, -0.2) is 8.42 Å². The zero-order valence-electron chi connectivity index (χ0n) is 13.0. The lowest BCUT2D eigenvalue weighted by atomic mass is 9.88. The number of hydrogen-bond donors (Lipinski definition) is 2. The summed E-state index contributed by atoms with van der Waals surface area (Å²) in [5.74, 6) is -0.0971. The Morgan fingerprint density at radius 1 is 1.42 bits per heavy atom. The number of thiophene rings is 1. The molecule has 1 heterocycles. The van der Waals surface area contributed by atoms with E-state index < -0.39 is 15.9 Å².